The second-order valence-corrected chi connectivity index (χ2v) is 5.20. The highest BCUT2D eigenvalue weighted by molar-refractivity contribution is 6.33. The van der Waals surface area contributed by atoms with Crippen LogP contribution in [0.25, 0.3) is 0 Å². The van der Waals surface area contributed by atoms with E-state index >= 15 is 0 Å². The number of hydrogen-bond donors (Lipinski definition) is 2. The molecule has 1 aromatic carbocycles. The van der Waals surface area contributed by atoms with Gasteiger partial charge in [-0.1, -0.05) is 23.7 Å². The van der Waals surface area contributed by atoms with Crippen LogP contribution in [0.5, 0.6) is 0 Å². The fourth-order valence-corrected chi connectivity index (χ4v) is 2.40. The SMILES string of the molecule is CN1CCC(Nc2ccccc2Cl)(C(=O)O)CC1. The summed E-state index contributed by atoms with van der Waals surface area (Å²) >= 11 is 6.07. The molecule has 0 aliphatic carbocycles. The van der Waals surface area contributed by atoms with Crippen LogP contribution in [0, 0.1) is 0 Å². The summed E-state index contributed by atoms with van der Waals surface area (Å²) in [6.45, 7) is 1.54. The lowest BCUT2D eigenvalue weighted by atomic mass is 9.87. The number of rotatable bonds is 3. The molecule has 1 fully saturated rings. The summed E-state index contributed by atoms with van der Waals surface area (Å²) in [7, 11) is 2.00. The Bertz CT molecular complexity index is 442. The van der Waals surface area contributed by atoms with E-state index in [-0.39, 0.29) is 0 Å². The number of carbonyl (C=O) groups is 1. The maximum Gasteiger partial charge on any atom is 0.329 e. The van der Waals surface area contributed by atoms with Gasteiger partial charge in [-0.2, -0.15) is 0 Å². The molecule has 18 heavy (non-hydrogen) atoms. The molecule has 0 atom stereocenters. The smallest absolute Gasteiger partial charge is 0.329 e. The van der Waals surface area contributed by atoms with E-state index in [9.17, 15) is 9.90 Å². The van der Waals surface area contributed by atoms with Crippen molar-refractivity contribution in [1.82, 2.24) is 4.90 Å². The number of piperidine rings is 1. The molecule has 0 bridgehead atoms. The molecule has 1 aromatic rings. The second kappa shape index (κ2) is 5.16. The van der Waals surface area contributed by atoms with E-state index in [0.717, 1.165) is 13.1 Å². The molecule has 1 heterocycles. The summed E-state index contributed by atoms with van der Waals surface area (Å²) in [6.07, 6.45) is 1.15. The molecule has 0 amide bonds. The summed E-state index contributed by atoms with van der Waals surface area (Å²) in [5.74, 6) is -0.810. The third kappa shape index (κ3) is 2.60. The number of halogens is 1. The van der Waals surface area contributed by atoms with Crippen molar-refractivity contribution < 1.29 is 9.90 Å². The van der Waals surface area contributed by atoms with Crippen molar-refractivity contribution in [2.75, 3.05) is 25.5 Å². The maximum atomic E-state index is 11.6. The lowest BCUT2D eigenvalue weighted by molar-refractivity contribution is -0.143. The molecule has 5 heteroatoms. The van der Waals surface area contributed by atoms with Gasteiger partial charge in [0.05, 0.1) is 10.7 Å². The van der Waals surface area contributed by atoms with Crippen LogP contribution in [0.3, 0.4) is 0 Å². The highest BCUT2D eigenvalue weighted by Crippen LogP contribution is 2.30. The molecule has 4 nitrogen and oxygen atoms in total. The van der Waals surface area contributed by atoms with E-state index in [4.69, 9.17) is 11.6 Å². The molecular weight excluding hydrogens is 252 g/mol. The average Bonchev–Trinajstić information content (AvgIpc) is 2.35. The molecule has 1 aliphatic rings. The van der Waals surface area contributed by atoms with Crippen molar-refractivity contribution >= 4 is 23.3 Å². The summed E-state index contributed by atoms with van der Waals surface area (Å²) in [5.41, 5.74) is -0.219. The fraction of sp³-hybridized carbons (Fsp3) is 0.462. The Hall–Kier alpha value is -1.26. The lowest BCUT2D eigenvalue weighted by Gasteiger charge is -2.38. The zero-order valence-electron chi connectivity index (χ0n) is 10.3. The van der Waals surface area contributed by atoms with Crippen LogP contribution in [-0.4, -0.2) is 41.7 Å². The zero-order chi connectivity index (χ0) is 13.2. The Morgan fingerprint density at radius 3 is 2.56 bits per heavy atom. The standard InChI is InChI=1S/C13H17ClN2O2/c1-16-8-6-13(7-9-16,12(17)18)15-11-5-3-2-4-10(11)14/h2-5,15H,6-9H2,1H3,(H,17,18). The monoisotopic (exact) mass is 268 g/mol. The zero-order valence-corrected chi connectivity index (χ0v) is 11.1. The minimum atomic E-state index is -0.905. The number of anilines is 1. The Balaban J connectivity index is 2.22. The number of likely N-dealkylation sites (tertiary alicyclic amines) is 1. The Morgan fingerprint density at radius 2 is 2.00 bits per heavy atom. The quantitative estimate of drug-likeness (QED) is 0.883. The van der Waals surface area contributed by atoms with Gasteiger partial charge in [-0.05, 0) is 32.0 Å². The van der Waals surface area contributed by atoms with Gasteiger partial charge < -0.3 is 15.3 Å². The minimum absolute atomic E-state index is 0.553. The van der Waals surface area contributed by atoms with Crippen LogP contribution in [0.2, 0.25) is 5.02 Å². The first-order valence-corrected chi connectivity index (χ1v) is 6.36. The molecule has 1 aliphatic heterocycles. The van der Waals surface area contributed by atoms with Gasteiger partial charge in [0, 0.05) is 13.1 Å². The van der Waals surface area contributed by atoms with E-state index in [1.807, 2.05) is 25.2 Å². The average molecular weight is 269 g/mol. The molecule has 0 saturated carbocycles. The van der Waals surface area contributed by atoms with Crippen LogP contribution >= 0.6 is 11.6 Å². The summed E-state index contributed by atoms with van der Waals surface area (Å²) < 4.78 is 0. The maximum absolute atomic E-state index is 11.6. The Labute approximate surface area is 112 Å². The predicted molar refractivity (Wildman–Crippen MR) is 72.2 cm³/mol. The number of carboxylic acid groups (broad SMARTS) is 1. The molecule has 0 unspecified atom stereocenters. The molecule has 0 spiro atoms. The fourth-order valence-electron chi connectivity index (χ4n) is 2.21. The predicted octanol–water partition coefficient (Wildman–Crippen LogP) is 2.30. The van der Waals surface area contributed by atoms with Crippen molar-refractivity contribution in [3.8, 4) is 0 Å². The molecule has 2 N–H and O–H groups in total. The largest absolute Gasteiger partial charge is 0.480 e. The van der Waals surface area contributed by atoms with E-state index in [2.05, 4.69) is 10.2 Å². The van der Waals surface area contributed by atoms with Gasteiger partial charge in [-0.3, -0.25) is 0 Å². The molecule has 2 rings (SSSR count). The molecule has 0 aromatic heterocycles. The third-order valence-corrected chi connectivity index (χ3v) is 3.83. The van der Waals surface area contributed by atoms with E-state index < -0.39 is 11.5 Å². The van der Waals surface area contributed by atoms with E-state index in [1.165, 1.54) is 0 Å². The van der Waals surface area contributed by atoms with Crippen molar-refractivity contribution in [3.05, 3.63) is 29.3 Å². The van der Waals surface area contributed by atoms with Gasteiger partial charge >= 0.3 is 5.97 Å². The van der Waals surface area contributed by atoms with Crippen molar-refractivity contribution in [2.45, 2.75) is 18.4 Å². The van der Waals surface area contributed by atoms with Gasteiger partial charge in [0.25, 0.3) is 0 Å². The van der Waals surface area contributed by atoms with Gasteiger partial charge in [0.1, 0.15) is 5.54 Å². The van der Waals surface area contributed by atoms with Gasteiger partial charge in [-0.25, -0.2) is 4.79 Å². The van der Waals surface area contributed by atoms with Gasteiger partial charge in [0.15, 0.2) is 0 Å². The first-order chi connectivity index (χ1) is 8.53. The number of benzene rings is 1. The number of nitrogens with one attached hydrogen (secondary N) is 1. The topological polar surface area (TPSA) is 52.6 Å². The summed E-state index contributed by atoms with van der Waals surface area (Å²) in [5, 5.41) is 13.2. The molecular formula is C13H17ClN2O2. The summed E-state index contributed by atoms with van der Waals surface area (Å²) in [4.78, 5) is 13.7. The number of para-hydroxylation sites is 1. The van der Waals surface area contributed by atoms with E-state index in [1.54, 1.807) is 6.07 Å². The normalized spacial score (nSPS) is 19.4. The number of carboxylic acids is 1. The van der Waals surface area contributed by atoms with Gasteiger partial charge in [0.2, 0.25) is 0 Å². The van der Waals surface area contributed by atoms with Crippen molar-refractivity contribution in [3.63, 3.8) is 0 Å². The molecule has 1 saturated heterocycles. The third-order valence-electron chi connectivity index (χ3n) is 3.50. The highest BCUT2D eigenvalue weighted by atomic mass is 35.5. The number of aliphatic carboxylic acids is 1. The van der Waals surface area contributed by atoms with Crippen molar-refractivity contribution in [2.24, 2.45) is 0 Å². The van der Waals surface area contributed by atoms with Crippen LogP contribution in [-0.2, 0) is 4.79 Å². The van der Waals surface area contributed by atoms with Crippen LogP contribution < -0.4 is 5.32 Å². The van der Waals surface area contributed by atoms with Crippen molar-refractivity contribution in [1.29, 1.82) is 0 Å². The van der Waals surface area contributed by atoms with Crippen LogP contribution in [0.1, 0.15) is 12.8 Å². The number of nitrogens with zero attached hydrogens (tertiary/aromatic N) is 1. The Kier molecular flexibility index (Phi) is 3.78. The lowest BCUT2D eigenvalue weighted by Crippen LogP contribution is -2.53. The Morgan fingerprint density at radius 1 is 1.39 bits per heavy atom. The highest BCUT2D eigenvalue weighted by Gasteiger charge is 2.41. The molecule has 0 radical (unpaired) electrons. The molecule has 98 valence electrons. The number of hydrogen-bond acceptors (Lipinski definition) is 3. The first kappa shape index (κ1) is 13.2. The van der Waals surface area contributed by atoms with E-state index in [0.29, 0.717) is 23.6 Å². The minimum Gasteiger partial charge on any atom is -0.480 e. The summed E-state index contributed by atoms with van der Waals surface area (Å²) in [6, 6.07) is 7.24. The first-order valence-electron chi connectivity index (χ1n) is 5.98. The van der Waals surface area contributed by atoms with Crippen LogP contribution in [0.15, 0.2) is 24.3 Å². The van der Waals surface area contributed by atoms with Crippen LogP contribution in [0.4, 0.5) is 5.69 Å². The second-order valence-electron chi connectivity index (χ2n) is 4.80. The van der Waals surface area contributed by atoms with Gasteiger partial charge in [-0.15, -0.1) is 0 Å².